The molecule has 0 atom stereocenters. The van der Waals surface area contributed by atoms with Crippen LogP contribution in [0.1, 0.15) is 10.4 Å². The molecule has 2 rings (SSSR count). The topological polar surface area (TPSA) is 102 Å². The van der Waals surface area contributed by atoms with E-state index >= 15 is 0 Å². The summed E-state index contributed by atoms with van der Waals surface area (Å²) in [5.74, 6) is -0.0105. The molecule has 0 aliphatic rings. The predicted molar refractivity (Wildman–Crippen MR) is 76.2 cm³/mol. The van der Waals surface area contributed by atoms with Crippen LogP contribution < -0.4 is 11.1 Å². The summed E-state index contributed by atoms with van der Waals surface area (Å²) in [6, 6.07) is 9.01. The van der Waals surface area contributed by atoms with Crippen molar-refractivity contribution in [2.24, 2.45) is 0 Å². The van der Waals surface area contributed by atoms with E-state index in [4.69, 9.17) is 5.73 Å². The van der Waals surface area contributed by atoms with Crippen LogP contribution in [0.5, 0.6) is 0 Å². The fourth-order valence-corrected chi connectivity index (χ4v) is 2.16. The second-order valence-electron chi connectivity index (χ2n) is 4.22. The largest absolute Gasteiger partial charge is 0.384 e. The van der Waals surface area contributed by atoms with Crippen LogP contribution in [-0.4, -0.2) is 25.6 Å². The number of carbonyl (C=O) groups is 1. The van der Waals surface area contributed by atoms with Crippen LogP contribution in [0.4, 0.5) is 11.5 Å². The van der Waals surface area contributed by atoms with E-state index in [1.165, 1.54) is 36.5 Å². The molecule has 0 bridgehead atoms. The summed E-state index contributed by atoms with van der Waals surface area (Å²) >= 11 is 0. The average Bonchev–Trinajstić information content (AvgIpc) is 2.39. The molecule has 1 aromatic heterocycles. The highest BCUT2D eigenvalue weighted by molar-refractivity contribution is 7.90. The second kappa shape index (κ2) is 5.30. The maximum Gasteiger partial charge on any atom is 0.257 e. The zero-order valence-corrected chi connectivity index (χ0v) is 11.5. The maximum atomic E-state index is 11.9. The third-order valence-corrected chi connectivity index (χ3v) is 3.72. The molecule has 0 fully saturated rings. The third-order valence-electron chi connectivity index (χ3n) is 2.59. The molecule has 1 heterocycles. The molecule has 0 saturated carbocycles. The molecule has 104 valence electrons. The first-order valence-corrected chi connectivity index (χ1v) is 7.58. The first kappa shape index (κ1) is 14.0. The van der Waals surface area contributed by atoms with E-state index in [0.717, 1.165) is 6.26 Å². The molecule has 0 unspecified atom stereocenters. The van der Waals surface area contributed by atoms with Crippen LogP contribution in [0.2, 0.25) is 0 Å². The molecule has 1 amide bonds. The van der Waals surface area contributed by atoms with Gasteiger partial charge in [-0.2, -0.15) is 0 Å². The highest BCUT2D eigenvalue weighted by Crippen LogP contribution is 2.14. The minimum Gasteiger partial charge on any atom is -0.384 e. The zero-order chi connectivity index (χ0) is 14.8. The summed E-state index contributed by atoms with van der Waals surface area (Å²) in [4.78, 5) is 15.9. The molecule has 20 heavy (non-hydrogen) atoms. The number of anilines is 2. The number of pyridine rings is 1. The Kier molecular flexibility index (Phi) is 3.71. The van der Waals surface area contributed by atoms with Gasteiger partial charge >= 0.3 is 0 Å². The van der Waals surface area contributed by atoms with Gasteiger partial charge in [-0.25, -0.2) is 13.4 Å². The number of amides is 1. The van der Waals surface area contributed by atoms with Gasteiger partial charge in [-0.05, 0) is 36.4 Å². The van der Waals surface area contributed by atoms with Gasteiger partial charge < -0.3 is 11.1 Å². The number of rotatable bonds is 3. The molecule has 0 radical (unpaired) electrons. The number of hydrogen-bond acceptors (Lipinski definition) is 5. The predicted octanol–water partition coefficient (Wildman–Crippen LogP) is 1.32. The minimum absolute atomic E-state index is 0.199. The molecular weight excluding hydrogens is 278 g/mol. The number of nitrogens with two attached hydrogens (primary N) is 1. The molecular formula is C13H13N3O3S. The lowest BCUT2D eigenvalue weighted by Gasteiger charge is -2.06. The summed E-state index contributed by atoms with van der Waals surface area (Å²) in [6.07, 6.45) is 2.50. The van der Waals surface area contributed by atoms with Gasteiger partial charge in [-0.15, -0.1) is 0 Å². The van der Waals surface area contributed by atoms with E-state index in [1.54, 1.807) is 6.07 Å². The monoisotopic (exact) mass is 291 g/mol. The van der Waals surface area contributed by atoms with Gasteiger partial charge in [-0.3, -0.25) is 4.79 Å². The lowest BCUT2D eigenvalue weighted by molar-refractivity contribution is 0.102. The van der Waals surface area contributed by atoms with Crippen LogP contribution in [0.3, 0.4) is 0 Å². The molecule has 2 aromatic rings. The Labute approximate surface area is 116 Å². The first-order chi connectivity index (χ1) is 9.36. The Morgan fingerprint density at radius 1 is 1.15 bits per heavy atom. The second-order valence-corrected chi connectivity index (χ2v) is 6.24. The fraction of sp³-hybridized carbons (Fsp3) is 0.0769. The number of hydrogen-bond donors (Lipinski definition) is 2. The summed E-state index contributed by atoms with van der Waals surface area (Å²) in [5, 5.41) is 2.64. The van der Waals surface area contributed by atoms with Gasteiger partial charge in [0.1, 0.15) is 5.82 Å². The summed E-state index contributed by atoms with van der Waals surface area (Å²) in [6.45, 7) is 0. The number of sulfone groups is 1. The number of nitrogens with zero attached hydrogens (tertiary/aromatic N) is 1. The third kappa shape index (κ3) is 3.33. The van der Waals surface area contributed by atoms with Crippen LogP contribution in [-0.2, 0) is 9.84 Å². The van der Waals surface area contributed by atoms with Crippen molar-refractivity contribution >= 4 is 27.2 Å². The van der Waals surface area contributed by atoms with Crippen molar-refractivity contribution in [3.63, 3.8) is 0 Å². The van der Waals surface area contributed by atoms with Crippen molar-refractivity contribution < 1.29 is 13.2 Å². The highest BCUT2D eigenvalue weighted by atomic mass is 32.2. The Morgan fingerprint density at radius 2 is 1.80 bits per heavy atom. The molecule has 0 aliphatic heterocycles. The standard InChI is InChI=1S/C13H13N3O3S/c1-20(18,19)11-5-3-10(4-6-11)16-13(17)9-2-7-12(14)15-8-9/h2-8H,1H3,(H2,14,15)(H,16,17). The Bertz CT molecular complexity index is 722. The average molecular weight is 291 g/mol. The van der Waals surface area contributed by atoms with Gasteiger partial charge in [0.2, 0.25) is 0 Å². The van der Waals surface area contributed by atoms with Gasteiger partial charge in [-0.1, -0.05) is 0 Å². The number of benzene rings is 1. The lowest BCUT2D eigenvalue weighted by Crippen LogP contribution is -2.12. The smallest absolute Gasteiger partial charge is 0.257 e. The number of aromatic nitrogens is 1. The van der Waals surface area contributed by atoms with Crippen LogP contribution in [0.25, 0.3) is 0 Å². The number of carbonyl (C=O) groups excluding carboxylic acids is 1. The molecule has 0 saturated heterocycles. The number of nitrogens with one attached hydrogen (secondary N) is 1. The molecule has 1 aromatic carbocycles. The van der Waals surface area contributed by atoms with Crippen molar-refractivity contribution in [2.75, 3.05) is 17.3 Å². The minimum atomic E-state index is -3.24. The molecule has 7 heteroatoms. The summed E-state index contributed by atoms with van der Waals surface area (Å²) in [5.41, 5.74) is 6.30. The highest BCUT2D eigenvalue weighted by Gasteiger charge is 2.09. The van der Waals surface area contributed by atoms with E-state index in [9.17, 15) is 13.2 Å². The summed E-state index contributed by atoms with van der Waals surface area (Å²) < 4.78 is 22.6. The lowest BCUT2D eigenvalue weighted by atomic mass is 10.2. The van der Waals surface area contributed by atoms with Crippen molar-refractivity contribution in [3.8, 4) is 0 Å². The van der Waals surface area contributed by atoms with Crippen LogP contribution >= 0.6 is 0 Å². The number of nitrogen functional groups attached to an aromatic ring is 1. The summed E-state index contributed by atoms with van der Waals surface area (Å²) in [7, 11) is -3.24. The first-order valence-electron chi connectivity index (χ1n) is 5.69. The van der Waals surface area contributed by atoms with E-state index in [-0.39, 0.29) is 10.8 Å². The molecule has 6 nitrogen and oxygen atoms in total. The maximum absolute atomic E-state index is 11.9. The van der Waals surface area contributed by atoms with E-state index in [1.807, 2.05) is 0 Å². The van der Waals surface area contributed by atoms with E-state index in [0.29, 0.717) is 17.1 Å². The van der Waals surface area contributed by atoms with Gasteiger partial charge in [0.25, 0.3) is 5.91 Å². The van der Waals surface area contributed by atoms with Gasteiger partial charge in [0.15, 0.2) is 9.84 Å². The van der Waals surface area contributed by atoms with Crippen molar-refractivity contribution in [2.45, 2.75) is 4.90 Å². The van der Waals surface area contributed by atoms with Crippen molar-refractivity contribution in [1.82, 2.24) is 4.98 Å². The van der Waals surface area contributed by atoms with Crippen molar-refractivity contribution in [3.05, 3.63) is 48.2 Å². The van der Waals surface area contributed by atoms with E-state index < -0.39 is 9.84 Å². The Balaban J connectivity index is 2.14. The zero-order valence-electron chi connectivity index (χ0n) is 10.7. The van der Waals surface area contributed by atoms with Gasteiger partial charge in [0, 0.05) is 18.1 Å². The Hall–Kier alpha value is -2.41. The normalized spacial score (nSPS) is 11.1. The quantitative estimate of drug-likeness (QED) is 0.888. The molecule has 3 N–H and O–H groups in total. The SMILES string of the molecule is CS(=O)(=O)c1ccc(NC(=O)c2ccc(N)nc2)cc1. The fourth-order valence-electron chi connectivity index (χ4n) is 1.53. The molecule has 0 aliphatic carbocycles. The van der Waals surface area contributed by atoms with E-state index in [2.05, 4.69) is 10.3 Å². The van der Waals surface area contributed by atoms with Crippen molar-refractivity contribution in [1.29, 1.82) is 0 Å². The van der Waals surface area contributed by atoms with Gasteiger partial charge in [0.05, 0.1) is 10.5 Å². The Morgan fingerprint density at radius 3 is 2.30 bits per heavy atom. The van der Waals surface area contributed by atoms with Crippen LogP contribution in [0, 0.1) is 0 Å². The molecule has 0 spiro atoms. The van der Waals surface area contributed by atoms with Crippen LogP contribution in [0.15, 0.2) is 47.5 Å².